The fourth-order valence-corrected chi connectivity index (χ4v) is 3.86. The van der Waals surface area contributed by atoms with Crippen molar-refractivity contribution in [1.82, 2.24) is 5.32 Å². The molecule has 2 aromatic rings. The molecule has 1 atom stereocenters. The third-order valence-corrected chi connectivity index (χ3v) is 6.53. The Balaban J connectivity index is 1.78. The van der Waals surface area contributed by atoms with Crippen molar-refractivity contribution in [1.29, 1.82) is 0 Å². The fraction of sp³-hybridized carbons (Fsp3) is 0.381. The second-order valence-corrected chi connectivity index (χ2v) is 9.69. The van der Waals surface area contributed by atoms with Crippen LogP contribution in [-0.2, 0) is 20.6 Å². The molecule has 1 amide bonds. The molecule has 1 N–H and O–H groups in total. The first-order valence-corrected chi connectivity index (χ1v) is 12.4. The second-order valence-electron chi connectivity index (χ2n) is 6.57. The highest BCUT2D eigenvalue weighted by Gasteiger charge is 2.18. The van der Waals surface area contributed by atoms with E-state index in [1.807, 2.05) is 25.1 Å². The van der Waals surface area contributed by atoms with E-state index in [-0.39, 0.29) is 5.91 Å². The number of ether oxygens (including phenoxy) is 1. The molecule has 2 rings (SSSR count). The molecule has 0 radical (unpaired) electrons. The van der Waals surface area contributed by atoms with Gasteiger partial charge in [0.1, 0.15) is 5.75 Å². The number of anilines is 1. The van der Waals surface area contributed by atoms with Crippen LogP contribution in [0.25, 0.3) is 0 Å². The van der Waals surface area contributed by atoms with Crippen LogP contribution in [0.2, 0.25) is 0 Å². The van der Waals surface area contributed by atoms with Gasteiger partial charge in [-0.1, -0.05) is 37.3 Å². The van der Waals surface area contributed by atoms with Gasteiger partial charge in [0.15, 0.2) is 6.10 Å². The van der Waals surface area contributed by atoms with Crippen molar-refractivity contribution in [3.8, 4) is 5.75 Å². The highest BCUT2D eigenvalue weighted by molar-refractivity contribution is 7.98. The maximum absolute atomic E-state index is 12.4. The molecule has 0 aliphatic rings. The minimum absolute atomic E-state index is 0.148. The molecule has 29 heavy (non-hydrogen) atoms. The SMILES string of the molecule is CC[C@@H](Oc1ccc(N(C)S(C)(=O)=O)cc1)C(=O)NCCSCc1ccccc1. The molecule has 2 aromatic carbocycles. The van der Waals surface area contributed by atoms with E-state index in [4.69, 9.17) is 4.74 Å². The smallest absolute Gasteiger partial charge is 0.261 e. The summed E-state index contributed by atoms with van der Waals surface area (Å²) in [4.78, 5) is 12.4. The molecule has 0 saturated carbocycles. The number of rotatable bonds is 11. The van der Waals surface area contributed by atoms with Crippen LogP contribution in [0.5, 0.6) is 5.75 Å². The number of carbonyl (C=O) groups excluding carboxylic acids is 1. The van der Waals surface area contributed by atoms with Crippen LogP contribution in [0.1, 0.15) is 18.9 Å². The van der Waals surface area contributed by atoms with E-state index in [1.165, 1.54) is 16.9 Å². The first kappa shape index (κ1) is 23.1. The Morgan fingerprint density at radius 3 is 2.38 bits per heavy atom. The molecule has 8 heteroatoms. The average molecular weight is 437 g/mol. The zero-order chi connectivity index (χ0) is 21.3. The summed E-state index contributed by atoms with van der Waals surface area (Å²) in [6.45, 7) is 2.47. The Hall–Kier alpha value is -2.19. The van der Waals surface area contributed by atoms with E-state index in [2.05, 4.69) is 17.4 Å². The van der Waals surface area contributed by atoms with Gasteiger partial charge in [-0.15, -0.1) is 0 Å². The number of sulfonamides is 1. The van der Waals surface area contributed by atoms with Gasteiger partial charge in [-0.3, -0.25) is 9.10 Å². The molecule has 0 bridgehead atoms. The lowest BCUT2D eigenvalue weighted by atomic mass is 10.2. The number of nitrogens with zero attached hydrogens (tertiary/aromatic N) is 1. The Kier molecular flexibility index (Phi) is 8.85. The number of hydrogen-bond acceptors (Lipinski definition) is 5. The molecule has 0 aromatic heterocycles. The zero-order valence-corrected chi connectivity index (χ0v) is 18.6. The molecule has 0 spiro atoms. The van der Waals surface area contributed by atoms with E-state index in [0.29, 0.717) is 24.4 Å². The largest absolute Gasteiger partial charge is 0.481 e. The van der Waals surface area contributed by atoms with Crippen LogP contribution in [0.3, 0.4) is 0 Å². The maximum atomic E-state index is 12.4. The van der Waals surface area contributed by atoms with Crippen molar-refractivity contribution in [3.63, 3.8) is 0 Å². The number of carbonyl (C=O) groups is 1. The predicted molar refractivity (Wildman–Crippen MR) is 120 cm³/mol. The zero-order valence-electron chi connectivity index (χ0n) is 17.0. The molecule has 0 heterocycles. The summed E-state index contributed by atoms with van der Waals surface area (Å²) in [5.74, 6) is 2.11. The van der Waals surface area contributed by atoms with Gasteiger partial charge >= 0.3 is 0 Å². The lowest BCUT2D eigenvalue weighted by Crippen LogP contribution is -2.39. The average Bonchev–Trinajstić information content (AvgIpc) is 2.71. The Morgan fingerprint density at radius 1 is 1.14 bits per heavy atom. The number of amides is 1. The van der Waals surface area contributed by atoms with Gasteiger partial charge in [0.05, 0.1) is 11.9 Å². The maximum Gasteiger partial charge on any atom is 0.261 e. The van der Waals surface area contributed by atoms with Gasteiger partial charge in [-0.05, 0) is 36.2 Å². The van der Waals surface area contributed by atoms with E-state index in [9.17, 15) is 13.2 Å². The quantitative estimate of drug-likeness (QED) is 0.547. The highest BCUT2D eigenvalue weighted by atomic mass is 32.2. The number of nitrogens with one attached hydrogen (secondary N) is 1. The molecule has 0 fully saturated rings. The summed E-state index contributed by atoms with van der Waals surface area (Å²) in [6, 6.07) is 16.9. The molecule has 0 saturated heterocycles. The van der Waals surface area contributed by atoms with Gasteiger partial charge in [-0.25, -0.2) is 8.42 Å². The van der Waals surface area contributed by atoms with E-state index in [1.54, 1.807) is 36.0 Å². The van der Waals surface area contributed by atoms with Gasteiger partial charge in [0.25, 0.3) is 5.91 Å². The van der Waals surface area contributed by atoms with Crippen LogP contribution in [0.4, 0.5) is 5.69 Å². The second kappa shape index (κ2) is 11.1. The monoisotopic (exact) mass is 436 g/mol. The van der Waals surface area contributed by atoms with Crippen molar-refractivity contribution in [2.24, 2.45) is 0 Å². The van der Waals surface area contributed by atoms with E-state index < -0.39 is 16.1 Å². The van der Waals surface area contributed by atoms with Crippen LogP contribution in [-0.4, -0.2) is 46.0 Å². The molecule has 6 nitrogen and oxygen atoms in total. The third kappa shape index (κ3) is 7.62. The normalized spacial score (nSPS) is 12.2. The fourth-order valence-electron chi connectivity index (χ4n) is 2.54. The summed E-state index contributed by atoms with van der Waals surface area (Å²) in [7, 11) is -1.83. The predicted octanol–water partition coefficient (Wildman–Crippen LogP) is 3.29. The molecular weight excluding hydrogens is 408 g/mol. The molecule has 0 aliphatic carbocycles. The van der Waals surface area contributed by atoms with Gasteiger partial charge < -0.3 is 10.1 Å². The number of benzene rings is 2. The van der Waals surface area contributed by atoms with E-state index >= 15 is 0 Å². The molecule has 158 valence electrons. The third-order valence-electron chi connectivity index (χ3n) is 4.30. The summed E-state index contributed by atoms with van der Waals surface area (Å²) in [5, 5.41) is 2.92. The van der Waals surface area contributed by atoms with Crippen molar-refractivity contribution >= 4 is 33.4 Å². The lowest BCUT2D eigenvalue weighted by Gasteiger charge is -2.19. The standard InChI is InChI=1S/C21H28N2O4S2/c1-4-20(21(24)22-14-15-28-16-17-8-6-5-7-9-17)27-19-12-10-18(11-13-19)23(2)29(3,25)26/h5-13,20H,4,14-16H2,1-3H3,(H,22,24)/t20-/m1/s1. The van der Waals surface area contributed by atoms with Crippen molar-refractivity contribution in [2.75, 3.05) is 29.9 Å². The van der Waals surface area contributed by atoms with Crippen LogP contribution < -0.4 is 14.4 Å². The first-order chi connectivity index (χ1) is 13.8. The van der Waals surface area contributed by atoms with Crippen LogP contribution in [0, 0.1) is 0 Å². The Morgan fingerprint density at radius 2 is 1.79 bits per heavy atom. The summed E-state index contributed by atoms with van der Waals surface area (Å²) >= 11 is 1.77. The Labute approximate surface area is 177 Å². The Bertz CT molecular complexity index is 871. The minimum Gasteiger partial charge on any atom is -0.481 e. The van der Waals surface area contributed by atoms with E-state index in [0.717, 1.165) is 17.8 Å². The van der Waals surface area contributed by atoms with Gasteiger partial charge in [-0.2, -0.15) is 11.8 Å². The van der Waals surface area contributed by atoms with Crippen molar-refractivity contribution in [3.05, 3.63) is 60.2 Å². The van der Waals surface area contributed by atoms with Crippen molar-refractivity contribution in [2.45, 2.75) is 25.2 Å². The summed E-state index contributed by atoms with van der Waals surface area (Å²) in [6.07, 6.45) is 1.09. The number of thioether (sulfide) groups is 1. The highest BCUT2D eigenvalue weighted by Crippen LogP contribution is 2.21. The molecular formula is C21H28N2O4S2. The van der Waals surface area contributed by atoms with Gasteiger partial charge in [0.2, 0.25) is 10.0 Å². The van der Waals surface area contributed by atoms with Crippen molar-refractivity contribution < 1.29 is 17.9 Å². The first-order valence-electron chi connectivity index (χ1n) is 9.41. The van der Waals surface area contributed by atoms with Crippen LogP contribution in [0.15, 0.2) is 54.6 Å². The molecule has 0 unspecified atom stereocenters. The lowest BCUT2D eigenvalue weighted by molar-refractivity contribution is -0.127. The molecule has 0 aliphatic heterocycles. The summed E-state index contributed by atoms with van der Waals surface area (Å²) < 4.78 is 30.2. The number of hydrogen-bond donors (Lipinski definition) is 1. The summed E-state index contributed by atoms with van der Waals surface area (Å²) in [5.41, 5.74) is 1.80. The topological polar surface area (TPSA) is 75.7 Å². The minimum atomic E-state index is -3.32. The van der Waals surface area contributed by atoms with Gasteiger partial charge in [0, 0.05) is 25.1 Å². The van der Waals surface area contributed by atoms with Crippen LogP contribution >= 0.6 is 11.8 Å².